The Morgan fingerprint density at radius 1 is 0.714 bits per heavy atom. The predicted octanol–water partition coefficient (Wildman–Crippen LogP) is 3.96. The van der Waals surface area contributed by atoms with E-state index in [-0.39, 0.29) is 5.56 Å². The maximum Gasteiger partial charge on any atom is 0.248 e. The van der Waals surface area contributed by atoms with Gasteiger partial charge in [-0.15, -0.1) is 0 Å². The molecule has 0 spiro atoms. The van der Waals surface area contributed by atoms with Crippen LogP contribution in [-0.2, 0) is 0 Å². The predicted molar refractivity (Wildman–Crippen MR) is 86.9 cm³/mol. The Labute approximate surface area is 123 Å². The fraction of sp³-hybridized carbons (Fsp3) is 0. The summed E-state index contributed by atoms with van der Waals surface area (Å²) in [4.78, 5) is 14.3. The number of H-pyrrole nitrogens is 1. The molecule has 2 nitrogen and oxygen atoms in total. The minimum Gasteiger partial charge on any atom is -0.322 e. The summed E-state index contributed by atoms with van der Waals surface area (Å²) in [6.07, 6.45) is 2.01. The number of hydrogen-bond acceptors (Lipinski definition) is 1. The molecule has 0 saturated carbocycles. The van der Waals surface area contributed by atoms with Gasteiger partial charge in [0.1, 0.15) is 0 Å². The van der Waals surface area contributed by atoms with Crippen LogP contribution in [0, 0.1) is 0 Å². The molecular weight excluding hydrogens is 258 g/mol. The van der Waals surface area contributed by atoms with E-state index in [1.54, 1.807) is 6.07 Å². The van der Waals surface area contributed by atoms with Gasteiger partial charge in [0.25, 0.3) is 0 Å². The second kappa shape index (κ2) is 6.06. The van der Waals surface area contributed by atoms with Gasteiger partial charge in [-0.25, -0.2) is 0 Å². The van der Waals surface area contributed by atoms with E-state index in [1.807, 2.05) is 48.5 Å². The summed E-state index contributed by atoms with van der Waals surface area (Å²) in [6, 6.07) is 25.5. The lowest BCUT2D eigenvalue weighted by Gasteiger charge is -2.08. The Morgan fingerprint density at radius 2 is 1.29 bits per heavy atom. The number of nitrogens with one attached hydrogen (secondary N) is 1. The molecule has 1 N–H and O–H groups in total. The van der Waals surface area contributed by atoms with Crippen LogP contribution in [0.5, 0.6) is 0 Å². The molecule has 3 rings (SSSR count). The van der Waals surface area contributed by atoms with Crippen LogP contribution in [0.3, 0.4) is 0 Å². The van der Waals surface area contributed by atoms with Gasteiger partial charge in [-0.1, -0.05) is 66.7 Å². The van der Waals surface area contributed by atoms with Gasteiger partial charge in [0.15, 0.2) is 0 Å². The summed E-state index contributed by atoms with van der Waals surface area (Å²) in [5, 5.41) is 0. The molecule has 102 valence electrons. The summed E-state index contributed by atoms with van der Waals surface area (Å²) in [5.74, 6) is 0. The van der Waals surface area contributed by atoms with Crippen molar-refractivity contribution in [2.75, 3.05) is 0 Å². The first kappa shape index (κ1) is 13.1. The van der Waals surface area contributed by atoms with Crippen LogP contribution in [0.25, 0.3) is 11.6 Å². The zero-order valence-electron chi connectivity index (χ0n) is 11.5. The summed E-state index contributed by atoms with van der Waals surface area (Å²) < 4.78 is 0. The van der Waals surface area contributed by atoms with Crippen LogP contribution in [0.4, 0.5) is 0 Å². The molecule has 1 heterocycles. The van der Waals surface area contributed by atoms with Crippen molar-refractivity contribution in [2.45, 2.75) is 0 Å². The molecule has 0 atom stereocenters. The van der Waals surface area contributed by atoms with Crippen molar-refractivity contribution in [2.24, 2.45) is 0 Å². The zero-order chi connectivity index (χ0) is 14.5. The van der Waals surface area contributed by atoms with Crippen LogP contribution >= 0.6 is 0 Å². The molecule has 0 unspecified atom stereocenters. The van der Waals surface area contributed by atoms with Crippen molar-refractivity contribution >= 4 is 11.6 Å². The van der Waals surface area contributed by atoms with E-state index in [1.165, 1.54) is 6.07 Å². The highest BCUT2D eigenvalue weighted by Crippen LogP contribution is 2.25. The van der Waals surface area contributed by atoms with Crippen molar-refractivity contribution in [1.82, 2.24) is 4.98 Å². The standard InChI is InChI=1S/C19H15NO/c21-19-13-7-12-17(20-19)14-18(15-8-3-1-4-9-15)16-10-5-2-6-11-16/h1-14H,(H,20,21). The van der Waals surface area contributed by atoms with E-state index < -0.39 is 0 Å². The zero-order valence-corrected chi connectivity index (χ0v) is 11.5. The third-order valence-corrected chi connectivity index (χ3v) is 3.26. The third-order valence-electron chi connectivity index (χ3n) is 3.26. The van der Waals surface area contributed by atoms with Crippen LogP contribution in [0.15, 0.2) is 83.7 Å². The van der Waals surface area contributed by atoms with E-state index >= 15 is 0 Å². The van der Waals surface area contributed by atoms with Gasteiger partial charge in [0.05, 0.1) is 0 Å². The number of hydrogen-bond donors (Lipinski definition) is 1. The Bertz CT molecular complexity index is 760. The largest absolute Gasteiger partial charge is 0.322 e. The fourth-order valence-electron chi connectivity index (χ4n) is 2.27. The molecule has 0 radical (unpaired) electrons. The fourth-order valence-corrected chi connectivity index (χ4v) is 2.27. The number of benzene rings is 2. The molecule has 0 amide bonds. The molecule has 0 aliphatic rings. The van der Waals surface area contributed by atoms with E-state index in [0.717, 1.165) is 22.4 Å². The van der Waals surface area contributed by atoms with E-state index in [0.29, 0.717) is 0 Å². The van der Waals surface area contributed by atoms with Crippen LogP contribution < -0.4 is 5.56 Å². The van der Waals surface area contributed by atoms with E-state index in [9.17, 15) is 4.79 Å². The van der Waals surface area contributed by atoms with E-state index in [4.69, 9.17) is 0 Å². The van der Waals surface area contributed by atoms with Crippen LogP contribution in [0.1, 0.15) is 16.8 Å². The second-order valence-electron chi connectivity index (χ2n) is 4.76. The first-order valence-electron chi connectivity index (χ1n) is 6.85. The maximum absolute atomic E-state index is 11.5. The lowest BCUT2D eigenvalue weighted by atomic mass is 9.97. The SMILES string of the molecule is O=c1cccc(C=C(c2ccccc2)c2ccccc2)[nH]1. The molecule has 0 bridgehead atoms. The van der Waals surface area contributed by atoms with Gasteiger partial charge < -0.3 is 4.98 Å². The first-order valence-corrected chi connectivity index (χ1v) is 6.85. The Kier molecular flexibility index (Phi) is 3.79. The van der Waals surface area contributed by atoms with Gasteiger partial charge in [-0.05, 0) is 28.8 Å². The van der Waals surface area contributed by atoms with Gasteiger partial charge in [0.2, 0.25) is 5.56 Å². The lowest BCUT2D eigenvalue weighted by molar-refractivity contribution is 1.21. The molecule has 21 heavy (non-hydrogen) atoms. The molecule has 1 aromatic heterocycles. The van der Waals surface area contributed by atoms with Crippen LogP contribution in [0.2, 0.25) is 0 Å². The summed E-state index contributed by atoms with van der Waals surface area (Å²) in [6.45, 7) is 0. The Morgan fingerprint density at radius 3 is 1.81 bits per heavy atom. The quantitative estimate of drug-likeness (QED) is 0.769. The molecule has 0 aliphatic heterocycles. The van der Waals surface area contributed by atoms with Crippen molar-refractivity contribution in [3.8, 4) is 0 Å². The second-order valence-corrected chi connectivity index (χ2v) is 4.76. The molecule has 3 aromatic rings. The van der Waals surface area contributed by atoms with Crippen molar-refractivity contribution in [3.05, 3.63) is 106 Å². The number of aromatic amines is 1. The Hall–Kier alpha value is -2.87. The van der Waals surface area contributed by atoms with Crippen molar-refractivity contribution in [3.63, 3.8) is 0 Å². The Balaban J connectivity index is 2.15. The highest BCUT2D eigenvalue weighted by Gasteiger charge is 2.04. The topological polar surface area (TPSA) is 32.9 Å². The number of pyridine rings is 1. The highest BCUT2D eigenvalue weighted by molar-refractivity contribution is 5.90. The highest BCUT2D eigenvalue weighted by atomic mass is 16.1. The average Bonchev–Trinajstić information content (AvgIpc) is 2.54. The van der Waals surface area contributed by atoms with Gasteiger partial charge in [-0.2, -0.15) is 0 Å². The molecule has 0 saturated heterocycles. The number of rotatable bonds is 3. The molecular formula is C19H15NO. The molecule has 0 aliphatic carbocycles. The maximum atomic E-state index is 11.5. The monoisotopic (exact) mass is 273 g/mol. The minimum atomic E-state index is -0.0933. The number of aromatic nitrogens is 1. The van der Waals surface area contributed by atoms with Gasteiger partial charge in [0, 0.05) is 11.8 Å². The summed E-state index contributed by atoms with van der Waals surface area (Å²) in [5.41, 5.74) is 4.02. The molecule has 2 aromatic carbocycles. The average molecular weight is 273 g/mol. The summed E-state index contributed by atoms with van der Waals surface area (Å²) in [7, 11) is 0. The normalized spacial score (nSPS) is 10.1. The molecule has 0 fully saturated rings. The minimum absolute atomic E-state index is 0.0933. The van der Waals surface area contributed by atoms with Gasteiger partial charge >= 0.3 is 0 Å². The van der Waals surface area contributed by atoms with Crippen molar-refractivity contribution in [1.29, 1.82) is 0 Å². The van der Waals surface area contributed by atoms with Crippen molar-refractivity contribution < 1.29 is 0 Å². The molecule has 2 heteroatoms. The smallest absolute Gasteiger partial charge is 0.248 e. The third kappa shape index (κ3) is 3.18. The summed E-state index contributed by atoms with van der Waals surface area (Å²) >= 11 is 0. The first-order chi connectivity index (χ1) is 10.3. The van der Waals surface area contributed by atoms with Gasteiger partial charge in [-0.3, -0.25) is 4.79 Å². The van der Waals surface area contributed by atoms with E-state index in [2.05, 4.69) is 29.2 Å². The lowest BCUT2D eigenvalue weighted by Crippen LogP contribution is -2.03. The van der Waals surface area contributed by atoms with Crippen LogP contribution in [-0.4, -0.2) is 4.98 Å².